The lowest BCUT2D eigenvalue weighted by atomic mass is 9.97. The van der Waals surface area contributed by atoms with Gasteiger partial charge in [0.25, 0.3) is 0 Å². The Bertz CT molecular complexity index is 775. The van der Waals surface area contributed by atoms with E-state index in [9.17, 15) is 9.59 Å². The van der Waals surface area contributed by atoms with E-state index in [4.69, 9.17) is 9.84 Å². The highest BCUT2D eigenvalue weighted by Crippen LogP contribution is 2.33. The van der Waals surface area contributed by atoms with Crippen LogP contribution in [0.15, 0.2) is 42.7 Å². The molecule has 3 atom stereocenters. The van der Waals surface area contributed by atoms with Gasteiger partial charge in [0.15, 0.2) is 0 Å². The second-order valence-corrected chi connectivity index (χ2v) is 6.91. The van der Waals surface area contributed by atoms with Crippen LogP contribution in [-0.4, -0.2) is 39.2 Å². The lowest BCUT2D eigenvalue weighted by Gasteiger charge is -2.23. The maximum absolute atomic E-state index is 12.9. The summed E-state index contributed by atoms with van der Waals surface area (Å²) in [6.07, 6.45) is 4.77. The third kappa shape index (κ3) is 4.95. The first-order valence-corrected chi connectivity index (χ1v) is 9.19. The van der Waals surface area contributed by atoms with Gasteiger partial charge in [0, 0.05) is 38.5 Å². The van der Waals surface area contributed by atoms with Crippen molar-refractivity contribution in [2.45, 2.75) is 37.8 Å². The van der Waals surface area contributed by atoms with Crippen LogP contribution in [-0.2, 0) is 27.8 Å². The molecular formula is C20H25N3O4. The zero-order valence-electron chi connectivity index (χ0n) is 15.4. The van der Waals surface area contributed by atoms with Crippen LogP contribution in [0, 0.1) is 5.92 Å². The highest BCUT2D eigenvalue weighted by Gasteiger charge is 2.38. The van der Waals surface area contributed by atoms with E-state index in [1.54, 1.807) is 6.20 Å². The van der Waals surface area contributed by atoms with Crippen LogP contribution in [0.4, 0.5) is 0 Å². The van der Waals surface area contributed by atoms with Gasteiger partial charge in [-0.15, -0.1) is 0 Å². The molecule has 2 N–H and O–H groups in total. The Morgan fingerprint density at radius 3 is 2.81 bits per heavy atom. The van der Waals surface area contributed by atoms with Crippen molar-refractivity contribution >= 4 is 11.9 Å². The SMILES string of the molecule is Cn1ccnc1[C@@H]1OCC[C@H]1C(=O)NC(CCC(=O)O)Cc1ccccc1. The van der Waals surface area contributed by atoms with Crippen molar-refractivity contribution in [3.8, 4) is 0 Å². The summed E-state index contributed by atoms with van der Waals surface area (Å²) in [5, 5.41) is 12.1. The number of aromatic nitrogens is 2. The average Bonchev–Trinajstić information content (AvgIpc) is 3.29. The van der Waals surface area contributed by atoms with Crippen LogP contribution in [0.25, 0.3) is 0 Å². The Morgan fingerprint density at radius 2 is 2.15 bits per heavy atom. The number of aliphatic carboxylic acids is 1. The molecule has 0 bridgehead atoms. The van der Waals surface area contributed by atoms with Crippen molar-refractivity contribution < 1.29 is 19.4 Å². The normalized spacial score (nSPS) is 20.3. The van der Waals surface area contributed by atoms with Crippen molar-refractivity contribution in [1.29, 1.82) is 0 Å². The molecule has 1 aliphatic heterocycles. The van der Waals surface area contributed by atoms with E-state index in [2.05, 4.69) is 10.3 Å². The van der Waals surface area contributed by atoms with Crippen molar-refractivity contribution in [3.05, 3.63) is 54.1 Å². The van der Waals surface area contributed by atoms with Crippen LogP contribution >= 0.6 is 0 Å². The monoisotopic (exact) mass is 371 g/mol. The first-order chi connectivity index (χ1) is 13.0. The molecule has 0 radical (unpaired) electrons. The highest BCUT2D eigenvalue weighted by atomic mass is 16.5. The predicted octanol–water partition coefficient (Wildman–Crippen LogP) is 2.09. The second-order valence-electron chi connectivity index (χ2n) is 6.91. The van der Waals surface area contributed by atoms with E-state index in [0.29, 0.717) is 25.9 Å². The number of imidazole rings is 1. The first-order valence-electron chi connectivity index (χ1n) is 9.19. The molecule has 1 fully saturated rings. The van der Waals surface area contributed by atoms with Crippen molar-refractivity contribution in [2.24, 2.45) is 13.0 Å². The number of carboxylic acid groups (broad SMARTS) is 1. The number of carboxylic acids is 1. The Hall–Kier alpha value is -2.67. The first kappa shape index (κ1) is 19.1. The smallest absolute Gasteiger partial charge is 0.303 e. The number of aryl methyl sites for hydroxylation is 1. The lowest BCUT2D eigenvalue weighted by molar-refractivity contribution is -0.137. The Balaban J connectivity index is 1.69. The number of carbonyl (C=O) groups excluding carboxylic acids is 1. The van der Waals surface area contributed by atoms with Gasteiger partial charge in [-0.1, -0.05) is 30.3 Å². The number of hydrogen-bond donors (Lipinski definition) is 2. The number of carbonyl (C=O) groups is 2. The molecule has 1 amide bonds. The summed E-state index contributed by atoms with van der Waals surface area (Å²) in [4.78, 5) is 28.2. The number of hydrogen-bond acceptors (Lipinski definition) is 4. The van der Waals surface area contributed by atoms with Gasteiger partial charge in [0.05, 0.1) is 5.92 Å². The maximum atomic E-state index is 12.9. The van der Waals surface area contributed by atoms with Crippen LogP contribution < -0.4 is 5.32 Å². The number of benzene rings is 1. The summed E-state index contributed by atoms with van der Waals surface area (Å²) >= 11 is 0. The fraction of sp³-hybridized carbons (Fsp3) is 0.450. The molecule has 1 aromatic heterocycles. The van der Waals surface area contributed by atoms with Crippen LogP contribution in [0.5, 0.6) is 0 Å². The minimum atomic E-state index is -0.864. The minimum absolute atomic E-state index is 0.0156. The molecule has 144 valence electrons. The predicted molar refractivity (Wildman–Crippen MR) is 99.0 cm³/mol. The van der Waals surface area contributed by atoms with Crippen LogP contribution in [0.3, 0.4) is 0 Å². The molecule has 0 saturated carbocycles. The molecule has 27 heavy (non-hydrogen) atoms. The zero-order chi connectivity index (χ0) is 19.2. The topological polar surface area (TPSA) is 93.5 Å². The Morgan fingerprint density at radius 1 is 1.37 bits per heavy atom. The van der Waals surface area contributed by atoms with Gasteiger partial charge >= 0.3 is 5.97 Å². The van der Waals surface area contributed by atoms with Gasteiger partial charge < -0.3 is 19.7 Å². The standard InChI is InChI=1S/C20H25N3O4/c1-23-11-10-21-19(23)18-16(9-12-27-18)20(26)22-15(7-8-17(24)25)13-14-5-3-2-4-6-14/h2-6,10-11,15-16,18H,7-9,12-13H2,1H3,(H,22,26)(H,24,25)/t15?,16-,18-/m1/s1. The van der Waals surface area contributed by atoms with Crippen LogP contribution in [0.1, 0.15) is 36.8 Å². The molecule has 2 aromatic rings. The fourth-order valence-electron chi connectivity index (χ4n) is 3.49. The third-order valence-corrected chi connectivity index (χ3v) is 4.92. The molecule has 0 spiro atoms. The molecule has 1 aromatic carbocycles. The second kappa shape index (κ2) is 8.81. The van der Waals surface area contributed by atoms with Gasteiger partial charge in [0.2, 0.25) is 5.91 Å². The number of amides is 1. The average molecular weight is 371 g/mol. The zero-order valence-corrected chi connectivity index (χ0v) is 15.4. The van der Waals surface area contributed by atoms with E-state index >= 15 is 0 Å². The van der Waals surface area contributed by atoms with Gasteiger partial charge in [-0.25, -0.2) is 4.98 Å². The van der Waals surface area contributed by atoms with Gasteiger partial charge in [0.1, 0.15) is 11.9 Å². The largest absolute Gasteiger partial charge is 0.481 e. The molecule has 7 nitrogen and oxygen atoms in total. The quantitative estimate of drug-likeness (QED) is 0.741. The molecule has 3 rings (SSSR count). The van der Waals surface area contributed by atoms with E-state index in [1.807, 2.05) is 48.1 Å². The van der Waals surface area contributed by atoms with Crippen molar-refractivity contribution in [1.82, 2.24) is 14.9 Å². The molecule has 0 aliphatic carbocycles. The minimum Gasteiger partial charge on any atom is -0.481 e. The molecule has 1 unspecified atom stereocenters. The van der Waals surface area contributed by atoms with Crippen molar-refractivity contribution in [3.63, 3.8) is 0 Å². The number of rotatable bonds is 8. The summed E-state index contributed by atoms with van der Waals surface area (Å²) in [6, 6.07) is 9.53. The fourth-order valence-corrected chi connectivity index (χ4v) is 3.49. The Labute approximate surface area is 158 Å². The summed E-state index contributed by atoms with van der Waals surface area (Å²) in [5.74, 6) is -0.559. The summed E-state index contributed by atoms with van der Waals surface area (Å²) in [6.45, 7) is 0.508. The van der Waals surface area contributed by atoms with Gasteiger partial charge in [-0.05, 0) is 24.8 Å². The van der Waals surface area contributed by atoms with Gasteiger partial charge in [-0.2, -0.15) is 0 Å². The van der Waals surface area contributed by atoms with E-state index in [1.165, 1.54) is 0 Å². The maximum Gasteiger partial charge on any atom is 0.303 e. The molecule has 7 heteroatoms. The van der Waals surface area contributed by atoms with Gasteiger partial charge in [-0.3, -0.25) is 9.59 Å². The molecule has 1 aliphatic rings. The molecule has 1 saturated heterocycles. The summed E-state index contributed by atoms with van der Waals surface area (Å²) in [7, 11) is 1.88. The molecule has 2 heterocycles. The van der Waals surface area contributed by atoms with E-state index in [0.717, 1.165) is 11.4 Å². The van der Waals surface area contributed by atoms with E-state index in [-0.39, 0.29) is 30.4 Å². The molecular weight excluding hydrogens is 346 g/mol. The summed E-state index contributed by atoms with van der Waals surface area (Å²) < 4.78 is 7.63. The summed E-state index contributed by atoms with van der Waals surface area (Å²) in [5.41, 5.74) is 1.07. The Kier molecular flexibility index (Phi) is 6.24. The number of nitrogens with zero attached hydrogens (tertiary/aromatic N) is 2. The van der Waals surface area contributed by atoms with E-state index < -0.39 is 5.97 Å². The number of nitrogens with one attached hydrogen (secondary N) is 1. The third-order valence-electron chi connectivity index (χ3n) is 4.92. The lowest BCUT2D eigenvalue weighted by Crippen LogP contribution is -2.41. The van der Waals surface area contributed by atoms with Crippen molar-refractivity contribution in [2.75, 3.05) is 6.61 Å². The number of ether oxygens (including phenoxy) is 1. The van der Waals surface area contributed by atoms with Crippen LogP contribution in [0.2, 0.25) is 0 Å². The highest BCUT2D eigenvalue weighted by molar-refractivity contribution is 5.80.